The van der Waals surface area contributed by atoms with Gasteiger partial charge in [-0.15, -0.1) is 0 Å². The average Bonchev–Trinajstić information content (AvgIpc) is 2.87. The average molecular weight is 284 g/mol. The normalized spacial score (nSPS) is 37.6. The van der Waals surface area contributed by atoms with Crippen molar-refractivity contribution < 1.29 is 14.6 Å². The Labute approximate surface area is 121 Å². The van der Waals surface area contributed by atoms with Crippen molar-refractivity contribution in [2.24, 2.45) is 17.1 Å². The predicted octanol–water partition coefficient (Wildman–Crippen LogP) is 0.748. The Morgan fingerprint density at radius 3 is 2.65 bits per heavy atom. The van der Waals surface area contributed by atoms with E-state index in [1.54, 1.807) is 6.92 Å². The zero-order valence-electron chi connectivity index (χ0n) is 13.1. The van der Waals surface area contributed by atoms with Crippen LogP contribution in [0.15, 0.2) is 0 Å². The SMILES string of the molecule is CCOC1CC(N)(C(=O)N2CCC(C(C)O)C2)C1(C)C. The van der Waals surface area contributed by atoms with Gasteiger partial charge in [0.1, 0.15) is 5.54 Å². The molecule has 1 heterocycles. The highest BCUT2D eigenvalue weighted by Gasteiger charge is 2.64. The van der Waals surface area contributed by atoms with Gasteiger partial charge in [0.15, 0.2) is 0 Å². The summed E-state index contributed by atoms with van der Waals surface area (Å²) >= 11 is 0. The van der Waals surface area contributed by atoms with Crippen LogP contribution in [0.3, 0.4) is 0 Å². The first-order valence-corrected chi connectivity index (χ1v) is 7.62. The van der Waals surface area contributed by atoms with E-state index in [2.05, 4.69) is 0 Å². The number of hydrogen-bond acceptors (Lipinski definition) is 4. The molecule has 0 bridgehead atoms. The third-order valence-corrected chi connectivity index (χ3v) is 5.41. The molecule has 1 aliphatic carbocycles. The van der Waals surface area contributed by atoms with Gasteiger partial charge in [-0.25, -0.2) is 0 Å². The Morgan fingerprint density at radius 1 is 1.55 bits per heavy atom. The molecular formula is C15H28N2O3. The summed E-state index contributed by atoms with van der Waals surface area (Å²) in [7, 11) is 0. The minimum absolute atomic E-state index is 0.0154. The first-order chi connectivity index (χ1) is 9.24. The molecule has 2 fully saturated rings. The smallest absolute Gasteiger partial charge is 0.243 e. The highest BCUT2D eigenvalue weighted by molar-refractivity contribution is 5.89. The van der Waals surface area contributed by atoms with Crippen LogP contribution in [0.4, 0.5) is 0 Å². The standard InChI is InChI=1S/C15H28N2O3/c1-5-20-12-8-15(16,14(12,3)4)13(19)17-7-6-11(9-17)10(2)18/h10-12,18H,5-9,16H2,1-4H3. The summed E-state index contributed by atoms with van der Waals surface area (Å²) in [5.74, 6) is 0.190. The topological polar surface area (TPSA) is 75.8 Å². The number of amides is 1. The Bertz CT molecular complexity index is 383. The van der Waals surface area contributed by atoms with Gasteiger partial charge in [0.25, 0.3) is 0 Å². The highest BCUT2D eigenvalue weighted by atomic mass is 16.5. The number of ether oxygens (including phenoxy) is 1. The lowest BCUT2D eigenvalue weighted by Crippen LogP contribution is -2.75. The summed E-state index contributed by atoms with van der Waals surface area (Å²) in [6.45, 7) is 9.73. The van der Waals surface area contributed by atoms with E-state index < -0.39 is 5.54 Å². The van der Waals surface area contributed by atoms with Crippen LogP contribution < -0.4 is 5.73 Å². The molecule has 1 amide bonds. The van der Waals surface area contributed by atoms with Crippen molar-refractivity contribution in [3.05, 3.63) is 0 Å². The highest BCUT2D eigenvalue weighted by Crippen LogP contribution is 2.50. The van der Waals surface area contributed by atoms with Crippen molar-refractivity contribution in [3.8, 4) is 0 Å². The van der Waals surface area contributed by atoms with Crippen LogP contribution in [-0.2, 0) is 9.53 Å². The summed E-state index contributed by atoms with van der Waals surface area (Å²) in [5, 5.41) is 9.65. The Morgan fingerprint density at radius 2 is 2.20 bits per heavy atom. The van der Waals surface area contributed by atoms with Crippen LogP contribution in [0.2, 0.25) is 0 Å². The molecule has 1 saturated carbocycles. The molecule has 1 aliphatic heterocycles. The van der Waals surface area contributed by atoms with Crippen molar-refractivity contribution in [2.45, 2.75) is 58.3 Å². The van der Waals surface area contributed by atoms with Gasteiger partial charge in [0.05, 0.1) is 12.2 Å². The third kappa shape index (κ3) is 2.26. The summed E-state index contributed by atoms with van der Waals surface area (Å²) in [6.07, 6.45) is 1.13. The van der Waals surface area contributed by atoms with Gasteiger partial charge >= 0.3 is 0 Å². The molecule has 0 spiro atoms. The predicted molar refractivity (Wildman–Crippen MR) is 77.1 cm³/mol. The van der Waals surface area contributed by atoms with E-state index >= 15 is 0 Å². The second-order valence-corrected chi connectivity index (χ2v) is 6.88. The molecule has 5 heteroatoms. The number of likely N-dealkylation sites (tertiary alicyclic amines) is 1. The molecule has 5 nitrogen and oxygen atoms in total. The molecule has 20 heavy (non-hydrogen) atoms. The van der Waals surface area contributed by atoms with Crippen LogP contribution in [-0.4, -0.2) is 53.4 Å². The largest absolute Gasteiger partial charge is 0.393 e. The molecule has 3 N–H and O–H groups in total. The van der Waals surface area contributed by atoms with Crippen molar-refractivity contribution >= 4 is 5.91 Å². The van der Waals surface area contributed by atoms with E-state index in [-0.39, 0.29) is 29.4 Å². The minimum atomic E-state index is -0.833. The Hall–Kier alpha value is -0.650. The number of nitrogens with zero attached hydrogens (tertiary/aromatic N) is 1. The molecule has 4 atom stereocenters. The zero-order valence-corrected chi connectivity index (χ0v) is 13.1. The summed E-state index contributed by atoms with van der Waals surface area (Å²) in [4.78, 5) is 14.6. The van der Waals surface area contributed by atoms with Crippen LogP contribution in [0.5, 0.6) is 0 Å². The maximum absolute atomic E-state index is 12.7. The van der Waals surface area contributed by atoms with Crippen LogP contribution in [0.25, 0.3) is 0 Å². The molecular weight excluding hydrogens is 256 g/mol. The lowest BCUT2D eigenvalue weighted by Gasteiger charge is -2.58. The van der Waals surface area contributed by atoms with Gasteiger partial charge in [-0.05, 0) is 20.3 Å². The number of hydrogen-bond donors (Lipinski definition) is 2. The molecule has 0 aromatic heterocycles. The summed E-state index contributed by atoms with van der Waals surface area (Å²) in [6, 6.07) is 0. The molecule has 0 radical (unpaired) electrons. The second kappa shape index (κ2) is 5.28. The number of rotatable bonds is 4. The Kier molecular flexibility index (Phi) is 4.15. The molecule has 2 aliphatic rings. The molecule has 0 aromatic rings. The van der Waals surface area contributed by atoms with E-state index in [0.717, 1.165) is 6.42 Å². The molecule has 1 saturated heterocycles. The lowest BCUT2D eigenvalue weighted by molar-refractivity contribution is -0.178. The van der Waals surface area contributed by atoms with E-state index in [9.17, 15) is 9.90 Å². The fourth-order valence-electron chi connectivity index (χ4n) is 3.45. The van der Waals surface area contributed by atoms with Crippen molar-refractivity contribution in [2.75, 3.05) is 19.7 Å². The first kappa shape index (κ1) is 15.7. The Balaban J connectivity index is 2.03. The van der Waals surface area contributed by atoms with E-state index in [1.807, 2.05) is 25.7 Å². The van der Waals surface area contributed by atoms with Gasteiger partial charge in [-0.3, -0.25) is 4.79 Å². The third-order valence-electron chi connectivity index (χ3n) is 5.41. The summed E-state index contributed by atoms with van der Waals surface area (Å²) in [5.41, 5.74) is 5.24. The maximum Gasteiger partial charge on any atom is 0.243 e. The molecule has 2 rings (SSSR count). The quantitative estimate of drug-likeness (QED) is 0.799. The van der Waals surface area contributed by atoms with Gasteiger partial charge in [-0.2, -0.15) is 0 Å². The minimum Gasteiger partial charge on any atom is -0.393 e. The molecule has 0 aromatic carbocycles. The van der Waals surface area contributed by atoms with Gasteiger partial charge in [0, 0.05) is 37.5 Å². The van der Waals surface area contributed by atoms with Gasteiger partial charge in [0.2, 0.25) is 5.91 Å². The number of carbonyl (C=O) groups excluding carboxylic acids is 1. The van der Waals surface area contributed by atoms with E-state index in [4.69, 9.17) is 10.5 Å². The first-order valence-electron chi connectivity index (χ1n) is 7.62. The fraction of sp³-hybridized carbons (Fsp3) is 0.933. The van der Waals surface area contributed by atoms with Crippen molar-refractivity contribution in [1.82, 2.24) is 4.90 Å². The van der Waals surface area contributed by atoms with Crippen molar-refractivity contribution in [3.63, 3.8) is 0 Å². The molecule has 4 unspecified atom stereocenters. The monoisotopic (exact) mass is 284 g/mol. The van der Waals surface area contributed by atoms with E-state index in [0.29, 0.717) is 26.1 Å². The molecule has 116 valence electrons. The van der Waals surface area contributed by atoms with Crippen LogP contribution >= 0.6 is 0 Å². The maximum atomic E-state index is 12.7. The summed E-state index contributed by atoms with van der Waals surface area (Å²) < 4.78 is 5.67. The van der Waals surface area contributed by atoms with Gasteiger partial charge in [-0.1, -0.05) is 13.8 Å². The fourth-order valence-corrected chi connectivity index (χ4v) is 3.45. The number of nitrogens with two attached hydrogens (primary N) is 1. The zero-order chi connectivity index (χ0) is 15.1. The van der Waals surface area contributed by atoms with Gasteiger partial charge < -0.3 is 20.5 Å². The number of aliphatic hydroxyl groups excluding tert-OH is 1. The van der Waals surface area contributed by atoms with Crippen LogP contribution in [0.1, 0.15) is 40.5 Å². The second-order valence-electron chi connectivity index (χ2n) is 6.88. The van der Waals surface area contributed by atoms with Crippen LogP contribution in [0, 0.1) is 11.3 Å². The lowest BCUT2D eigenvalue weighted by atomic mass is 9.54. The van der Waals surface area contributed by atoms with E-state index in [1.165, 1.54) is 0 Å². The number of carbonyl (C=O) groups is 1. The number of aliphatic hydroxyl groups is 1. The van der Waals surface area contributed by atoms with Crippen molar-refractivity contribution in [1.29, 1.82) is 0 Å².